The highest BCUT2D eigenvalue weighted by Crippen LogP contribution is 2.23. The van der Waals surface area contributed by atoms with Crippen molar-refractivity contribution in [3.8, 4) is 0 Å². The maximum absolute atomic E-state index is 12.7. The third-order valence-corrected chi connectivity index (χ3v) is 11.0. The Balaban J connectivity index is 2.10. The molecule has 322 valence electrons. The molecule has 1 aliphatic rings. The molecule has 1 heterocycles. The van der Waals surface area contributed by atoms with Gasteiger partial charge in [-0.25, -0.2) is 0 Å². The number of esters is 1. The Hall–Kier alpha value is -0.810. The van der Waals surface area contributed by atoms with Crippen LogP contribution < -0.4 is 0 Å². The molecule has 1 rings (SSSR count). The highest BCUT2D eigenvalue weighted by Gasteiger charge is 2.44. The predicted molar refractivity (Wildman–Crippen MR) is 220 cm³/mol. The van der Waals surface area contributed by atoms with Crippen LogP contribution in [-0.2, 0) is 23.7 Å². The summed E-state index contributed by atoms with van der Waals surface area (Å²) in [6, 6.07) is 0. The molecule has 9 nitrogen and oxygen atoms in total. The van der Waals surface area contributed by atoms with Gasteiger partial charge in [-0.05, 0) is 12.8 Å². The van der Waals surface area contributed by atoms with Gasteiger partial charge in [-0.1, -0.05) is 200 Å². The molecule has 0 amide bonds. The molecule has 6 unspecified atom stereocenters. The Kier molecular flexibility index (Phi) is 35.8. The Morgan fingerprint density at radius 2 is 0.907 bits per heavy atom. The van der Waals surface area contributed by atoms with Crippen LogP contribution in [0.15, 0.2) is 0 Å². The van der Waals surface area contributed by atoms with Crippen LogP contribution >= 0.6 is 0 Å². The Labute approximate surface area is 332 Å². The van der Waals surface area contributed by atoms with Crippen molar-refractivity contribution < 1.29 is 44.2 Å². The van der Waals surface area contributed by atoms with E-state index >= 15 is 0 Å². The van der Waals surface area contributed by atoms with Gasteiger partial charge in [0.2, 0.25) is 0 Å². The summed E-state index contributed by atoms with van der Waals surface area (Å²) in [5, 5.41) is 40.0. The van der Waals surface area contributed by atoms with Gasteiger partial charge >= 0.3 is 5.97 Å². The molecule has 0 spiro atoms. The molecular formula is C45H88O9. The molecule has 1 aliphatic heterocycles. The molecule has 0 aromatic heterocycles. The number of aliphatic hydroxyl groups excluding tert-OH is 4. The first-order chi connectivity index (χ1) is 26.4. The minimum absolute atomic E-state index is 0.106. The standard InChI is InChI=1S/C45H88O9/c1-3-5-7-9-11-12-13-14-15-16-17-18-19-20-21-22-23-24-25-26-27-28-30-32-34-41(47)53-39(37-51-35-33-31-29-10-8-6-4-2)38-52-45-44(50)43(49)42(48)40(36-46)54-45/h39-40,42-46,48-50H,3-38H2,1-2H3. The lowest BCUT2D eigenvalue weighted by Crippen LogP contribution is -2.59. The molecule has 0 aliphatic carbocycles. The van der Waals surface area contributed by atoms with Crippen molar-refractivity contribution in [2.75, 3.05) is 26.4 Å². The van der Waals surface area contributed by atoms with Crippen LogP contribution in [0.4, 0.5) is 0 Å². The van der Waals surface area contributed by atoms with Gasteiger partial charge in [0, 0.05) is 13.0 Å². The van der Waals surface area contributed by atoms with Crippen molar-refractivity contribution in [1.29, 1.82) is 0 Å². The highest BCUT2D eigenvalue weighted by molar-refractivity contribution is 5.69. The molecule has 0 saturated carbocycles. The van der Waals surface area contributed by atoms with Crippen molar-refractivity contribution in [2.24, 2.45) is 0 Å². The molecule has 4 N–H and O–H groups in total. The summed E-state index contributed by atoms with van der Waals surface area (Å²) in [7, 11) is 0. The van der Waals surface area contributed by atoms with Crippen LogP contribution in [-0.4, -0.2) is 89.6 Å². The normalized spacial score (nSPS) is 20.7. The summed E-state index contributed by atoms with van der Waals surface area (Å²) < 4.78 is 22.7. The van der Waals surface area contributed by atoms with E-state index in [1.165, 1.54) is 167 Å². The zero-order valence-electron chi connectivity index (χ0n) is 35.3. The minimum atomic E-state index is -1.53. The van der Waals surface area contributed by atoms with Gasteiger partial charge in [0.05, 0.1) is 19.8 Å². The van der Waals surface area contributed by atoms with E-state index in [0.717, 1.165) is 32.1 Å². The second-order valence-corrected chi connectivity index (χ2v) is 16.2. The van der Waals surface area contributed by atoms with Crippen molar-refractivity contribution in [2.45, 2.75) is 256 Å². The average Bonchev–Trinajstić information content (AvgIpc) is 3.17. The van der Waals surface area contributed by atoms with Crippen LogP contribution in [0.2, 0.25) is 0 Å². The highest BCUT2D eigenvalue weighted by atomic mass is 16.7. The molecule has 54 heavy (non-hydrogen) atoms. The molecule has 0 aromatic carbocycles. The summed E-state index contributed by atoms with van der Waals surface area (Å²) in [6.07, 6.45) is 33.0. The summed E-state index contributed by atoms with van der Waals surface area (Å²) >= 11 is 0. The second-order valence-electron chi connectivity index (χ2n) is 16.2. The van der Waals surface area contributed by atoms with E-state index in [1.807, 2.05) is 0 Å². The zero-order valence-corrected chi connectivity index (χ0v) is 35.3. The largest absolute Gasteiger partial charge is 0.457 e. The number of ether oxygens (including phenoxy) is 4. The fourth-order valence-electron chi connectivity index (χ4n) is 7.38. The summed E-state index contributed by atoms with van der Waals surface area (Å²) in [5.41, 5.74) is 0. The van der Waals surface area contributed by atoms with Gasteiger partial charge in [0.25, 0.3) is 0 Å². The molecule has 6 atom stereocenters. The Bertz CT molecular complexity index is 797. The van der Waals surface area contributed by atoms with E-state index in [1.54, 1.807) is 0 Å². The molecule has 1 fully saturated rings. The maximum Gasteiger partial charge on any atom is 0.306 e. The van der Waals surface area contributed by atoms with Crippen LogP contribution in [0.1, 0.15) is 219 Å². The number of carbonyl (C=O) groups is 1. The first kappa shape index (κ1) is 51.2. The number of hydrogen-bond donors (Lipinski definition) is 4. The van der Waals surface area contributed by atoms with E-state index in [9.17, 15) is 25.2 Å². The lowest BCUT2D eigenvalue weighted by Gasteiger charge is -2.39. The molecule has 1 saturated heterocycles. The lowest BCUT2D eigenvalue weighted by molar-refractivity contribution is -0.305. The van der Waals surface area contributed by atoms with Crippen LogP contribution in [0.3, 0.4) is 0 Å². The van der Waals surface area contributed by atoms with Gasteiger partial charge < -0.3 is 39.4 Å². The van der Waals surface area contributed by atoms with E-state index in [4.69, 9.17) is 18.9 Å². The fraction of sp³-hybridized carbons (Fsp3) is 0.978. The van der Waals surface area contributed by atoms with Crippen LogP contribution in [0.25, 0.3) is 0 Å². The van der Waals surface area contributed by atoms with E-state index in [-0.39, 0.29) is 19.2 Å². The van der Waals surface area contributed by atoms with E-state index in [0.29, 0.717) is 13.0 Å². The lowest BCUT2D eigenvalue weighted by atomic mass is 9.99. The predicted octanol–water partition coefficient (Wildman–Crippen LogP) is 10.3. The molecule has 0 aromatic rings. The Morgan fingerprint density at radius 3 is 1.31 bits per heavy atom. The van der Waals surface area contributed by atoms with Crippen molar-refractivity contribution >= 4 is 5.97 Å². The van der Waals surface area contributed by atoms with Gasteiger partial charge in [-0.15, -0.1) is 0 Å². The van der Waals surface area contributed by atoms with Crippen molar-refractivity contribution in [3.63, 3.8) is 0 Å². The topological polar surface area (TPSA) is 135 Å². The maximum atomic E-state index is 12.7. The van der Waals surface area contributed by atoms with Gasteiger partial charge in [-0.2, -0.15) is 0 Å². The number of aliphatic hydroxyl groups is 4. The molecular weight excluding hydrogens is 684 g/mol. The summed E-state index contributed by atoms with van der Waals surface area (Å²) in [6.45, 7) is 4.56. The van der Waals surface area contributed by atoms with Crippen molar-refractivity contribution in [1.82, 2.24) is 0 Å². The Morgan fingerprint density at radius 1 is 0.519 bits per heavy atom. The number of unbranched alkanes of at least 4 members (excludes halogenated alkanes) is 29. The van der Waals surface area contributed by atoms with Gasteiger partial charge in [0.1, 0.15) is 30.5 Å². The van der Waals surface area contributed by atoms with E-state index in [2.05, 4.69) is 13.8 Å². The van der Waals surface area contributed by atoms with Crippen LogP contribution in [0, 0.1) is 0 Å². The van der Waals surface area contributed by atoms with Crippen LogP contribution in [0.5, 0.6) is 0 Å². The number of rotatable bonds is 40. The van der Waals surface area contributed by atoms with Gasteiger partial charge in [-0.3, -0.25) is 4.79 Å². The van der Waals surface area contributed by atoms with E-state index < -0.39 is 43.4 Å². The first-order valence-corrected chi connectivity index (χ1v) is 23.1. The number of hydrogen-bond acceptors (Lipinski definition) is 9. The molecule has 0 bridgehead atoms. The summed E-state index contributed by atoms with van der Waals surface area (Å²) in [4.78, 5) is 12.7. The average molecular weight is 773 g/mol. The first-order valence-electron chi connectivity index (χ1n) is 23.1. The fourth-order valence-corrected chi connectivity index (χ4v) is 7.38. The van der Waals surface area contributed by atoms with Gasteiger partial charge in [0.15, 0.2) is 6.29 Å². The monoisotopic (exact) mass is 773 g/mol. The number of carbonyl (C=O) groups excluding carboxylic acids is 1. The smallest absolute Gasteiger partial charge is 0.306 e. The minimum Gasteiger partial charge on any atom is -0.457 e. The third-order valence-electron chi connectivity index (χ3n) is 11.0. The molecule has 0 radical (unpaired) electrons. The third kappa shape index (κ3) is 28.6. The molecule has 9 heteroatoms. The second kappa shape index (κ2) is 37.7. The SMILES string of the molecule is CCCCCCCCCCCCCCCCCCCCCCCCCCC(=O)OC(COCCCCCCCCC)COC1OC(CO)C(O)C(O)C1O. The van der Waals surface area contributed by atoms with Crippen molar-refractivity contribution in [3.05, 3.63) is 0 Å². The quantitative estimate of drug-likeness (QED) is 0.0355. The summed E-state index contributed by atoms with van der Waals surface area (Å²) in [5.74, 6) is -0.310. The zero-order chi connectivity index (χ0) is 39.3.